The SMILES string of the molecule is CCNC(=NCc1ccc(OCCO)c(OC)c1)N(C)CCOc1ccccc1C. The van der Waals surface area contributed by atoms with Crippen molar-refractivity contribution in [1.29, 1.82) is 0 Å². The van der Waals surface area contributed by atoms with Gasteiger partial charge < -0.3 is 29.5 Å². The molecule has 0 aliphatic carbocycles. The Kier molecular flexibility index (Phi) is 9.80. The van der Waals surface area contributed by atoms with Crippen molar-refractivity contribution in [3.05, 3.63) is 53.6 Å². The Bertz CT molecular complexity index is 811. The van der Waals surface area contributed by atoms with Crippen LogP contribution < -0.4 is 19.5 Å². The van der Waals surface area contributed by atoms with E-state index in [1.54, 1.807) is 7.11 Å². The van der Waals surface area contributed by atoms with Crippen LogP contribution in [0.15, 0.2) is 47.5 Å². The Labute approximate surface area is 179 Å². The van der Waals surface area contributed by atoms with Crippen molar-refractivity contribution >= 4 is 5.96 Å². The van der Waals surface area contributed by atoms with Gasteiger partial charge in [0.05, 0.1) is 26.8 Å². The van der Waals surface area contributed by atoms with Crippen LogP contribution >= 0.6 is 0 Å². The standard InChI is InChI=1S/C23H33N3O4/c1-5-24-23(26(3)12-14-29-20-9-7-6-8-18(20)2)25-17-19-10-11-21(30-15-13-27)22(16-19)28-4/h6-11,16,27H,5,12-15,17H2,1-4H3,(H,24,25). The lowest BCUT2D eigenvalue weighted by atomic mass is 10.2. The van der Waals surface area contributed by atoms with Crippen LogP contribution in [0.1, 0.15) is 18.1 Å². The molecule has 0 spiro atoms. The number of aryl methyl sites for hydroxylation is 1. The minimum absolute atomic E-state index is 0.0405. The molecule has 2 N–H and O–H groups in total. The number of nitrogens with one attached hydrogen (secondary N) is 1. The Hall–Kier alpha value is -2.93. The normalized spacial score (nSPS) is 11.2. The molecule has 0 saturated heterocycles. The number of hydrogen-bond acceptors (Lipinski definition) is 5. The molecule has 0 atom stereocenters. The van der Waals surface area contributed by atoms with Gasteiger partial charge in [-0.15, -0.1) is 0 Å². The van der Waals surface area contributed by atoms with Crippen molar-refractivity contribution in [2.75, 3.05) is 47.1 Å². The van der Waals surface area contributed by atoms with Gasteiger partial charge in [0.15, 0.2) is 17.5 Å². The Balaban J connectivity index is 1.98. The summed E-state index contributed by atoms with van der Waals surface area (Å²) < 4.78 is 16.8. The second-order valence-corrected chi connectivity index (χ2v) is 6.76. The van der Waals surface area contributed by atoms with Crippen LogP contribution in [0.2, 0.25) is 0 Å². The highest BCUT2D eigenvalue weighted by Crippen LogP contribution is 2.28. The predicted molar refractivity (Wildman–Crippen MR) is 120 cm³/mol. The summed E-state index contributed by atoms with van der Waals surface area (Å²) in [6, 6.07) is 13.7. The number of likely N-dealkylation sites (N-methyl/N-ethyl adjacent to an activating group) is 1. The smallest absolute Gasteiger partial charge is 0.194 e. The molecular formula is C23H33N3O4. The van der Waals surface area contributed by atoms with Gasteiger partial charge in [0, 0.05) is 13.6 Å². The first-order valence-corrected chi connectivity index (χ1v) is 10.2. The number of aliphatic imine (C=N–C) groups is 1. The average molecular weight is 416 g/mol. The highest BCUT2D eigenvalue weighted by molar-refractivity contribution is 5.79. The summed E-state index contributed by atoms with van der Waals surface area (Å²) in [6.45, 7) is 6.83. The van der Waals surface area contributed by atoms with E-state index in [2.05, 4.69) is 10.2 Å². The molecule has 0 bridgehead atoms. The number of para-hydroxylation sites is 1. The van der Waals surface area contributed by atoms with Crippen LogP contribution in [-0.2, 0) is 6.54 Å². The highest BCUT2D eigenvalue weighted by Gasteiger charge is 2.09. The van der Waals surface area contributed by atoms with Gasteiger partial charge in [-0.05, 0) is 43.2 Å². The fraction of sp³-hybridized carbons (Fsp3) is 0.435. The van der Waals surface area contributed by atoms with Crippen molar-refractivity contribution < 1.29 is 19.3 Å². The van der Waals surface area contributed by atoms with E-state index in [1.807, 2.05) is 63.4 Å². The highest BCUT2D eigenvalue weighted by atomic mass is 16.5. The number of benzene rings is 2. The first-order valence-electron chi connectivity index (χ1n) is 10.2. The minimum atomic E-state index is -0.0405. The van der Waals surface area contributed by atoms with E-state index in [9.17, 15) is 0 Å². The molecule has 0 fully saturated rings. The van der Waals surface area contributed by atoms with E-state index in [1.165, 1.54) is 0 Å². The van der Waals surface area contributed by atoms with Gasteiger partial charge >= 0.3 is 0 Å². The number of nitrogens with zero attached hydrogens (tertiary/aromatic N) is 2. The van der Waals surface area contributed by atoms with Crippen LogP contribution in [0.25, 0.3) is 0 Å². The van der Waals surface area contributed by atoms with Gasteiger partial charge in [-0.2, -0.15) is 0 Å². The van der Waals surface area contributed by atoms with Crippen molar-refractivity contribution in [2.24, 2.45) is 4.99 Å². The lowest BCUT2D eigenvalue weighted by Gasteiger charge is -2.22. The number of aliphatic hydroxyl groups is 1. The number of rotatable bonds is 11. The number of aliphatic hydroxyl groups excluding tert-OH is 1. The number of guanidine groups is 1. The zero-order valence-electron chi connectivity index (χ0n) is 18.4. The zero-order chi connectivity index (χ0) is 21.8. The number of hydrogen-bond donors (Lipinski definition) is 2. The van der Waals surface area contributed by atoms with Crippen molar-refractivity contribution in [3.8, 4) is 17.2 Å². The predicted octanol–water partition coefficient (Wildman–Crippen LogP) is 2.85. The van der Waals surface area contributed by atoms with Gasteiger partial charge in [-0.3, -0.25) is 0 Å². The maximum atomic E-state index is 8.93. The third-order valence-corrected chi connectivity index (χ3v) is 4.46. The molecule has 164 valence electrons. The quantitative estimate of drug-likeness (QED) is 0.434. The second-order valence-electron chi connectivity index (χ2n) is 6.76. The van der Waals surface area contributed by atoms with Crippen molar-refractivity contribution in [2.45, 2.75) is 20.4 Å². The maximum absolute atomic E-state index is 8.93. The largest absolute Gasteiger partial charge is 0.493 e. The summed E-state index contributed by atoms with van der Waals surface area (Å²) in [5.74, 6) is 2.95. The Morgan fingerprint density at radius 3 is 2.53 bits per heavy atom. The van der Waals surface area contributed by atoms with Crippen molar-refractivity contribution in [1.82, 2.24) is 10.2 Å². The fourth-order valence-electron chi connectivity index (χ4n) is 2.84. The monoisotopic (exact) mass is 415 g/mol. The summed E-state index contributed by atoms with van der Waals surface area (Å²) >= 11 is 0. The Morgan fingerprint density at radius 1 is 1.07 bits per heavy atom. The zero-order valence-corrected chi connectivity index (χ0v) is 18.4. The molecule has 7 heteroatoms. The molecule has 0 amide bonds. The third-order valence-electron chi connectivity index (χ3n) is 4.46. The molecule has 30 heavy (non-hydrogen) atoms. The summed E-state index contributed by atoms with van der Waals surface area (Å²) in [7, 11) is 3.59. The molecule has 2 rings (SSSR count). The van der Waals surface area contributed by atoms with Crippen LogP contribution in [0.3, 0.4) is 0 Å². The molecule has 0 saturated carbocycles. The maximum Gasteiger partial charge on any atom is 0.194 e. The lowest BCUT2D eigenvalue weighted by Crippen LogP contribution is -2.40. The molecule has 0 aliphatic rings. The van der Waals surface area contributed by atoms with Gasteiger partial charge in [-0.1, -0.05) is 24.3 Å². The molecule has 2 aromatic rings. The van der Waals surface area contributed by atoms with Gasteiger partial charge in [0.25, 0.3) is 0 Å². The van der Waals surface area contributed by atoms with Gasteiger partial charge in [0.1, 0.15) is 19.0 Å². The first-order chi connectivity index (χ1) is 14.6. The molecular weight excluding hydrogens is 382 g/mol. The van der Waals surface area contributed by atoms with Crippen molar-refractivity contribution in [3.63, 3.8) is 0 Å². The van der Waals surface area contributed by atoms with E-state index in [0.29, 0.717) is 31.2 Å². The van der Waals surface area contributed by atoms with Crippen LogP contribution in [0, 0.1) is 6.92 Å². The van der Waals surface area contributed by atoms with Gasteiger partial charge in [-0.25, -0.2) is 4.99 Å². The summed E-state index contributed by atoms with van der Waals surface area (Å²) in [5.41, 5.74) is 2.13. The van der Waals surface area contributed by atoms with E-state index < -0.39 is 0 Å². The first kappa shape index (κ1) is 23.3. The minimum Gasteiger partial charge on any atom is -0.493 e. The molecule has 0 heterocycles. The molecule has 0 aliphatic heterocycles. The molecule has 0 radical (unpaired) electrons. The van der Waals surface area contributed by atoms with Crippen LogP contribution in [0.5, 0.6) is 17.2 Å². The van der Waals surface area contributed by atoms with Gasteiger partial charge in [0.2, 0.25) is 0 Å². The fourth-order valence-corrected chi connectivity index (χ4v) is 2.84. The number of ether oxygens (including phenoxy) is 3. The molecule has 0 aromatic heterocycles. The van der Waals surface area contributed by atoms with E-state index in [4.69, 9.17) is 24.3 Å². The van der Waals surface area contributed by atoms with E-state index in [0.717, 1.165) is 29.4 Å². The summed E-state index contributed by atoms with van der Waals surface area (Å²) in [4.78, 5) is 6.79. The Morgan fingerprint density at radius 2 is 1.83 bits per heavy atom. The van der Waals surface area contributed by atoms with E-state index >= 15 is 0 Å². The van der Waals surface area contributed by atoms with Crippen LogP contribution in [-0.4, -0.2) is 63.0 Å². The summed E-state index contributed by atoms with van der Waals surface area (Å²) in [5, 5.41) is 12.2. The molecule has 2 aromatic carbocycles. The summed E-state index contributed by atoms with van der Waals surface area (Å²) in [6.07, 6.45) is 0. The number of methoxy groups -OCH3 is 1. The second kappa shape index (κ2) is 12.6. The topological polar surface area (TPSA) is 75.6 Å². The van der Waals surface area contributed by atoms with Crippen LogP contribution in [0.4, 0.5) is 0 Å². The molecule has 0 unspecified atom stereocenters. The van der Waals surface area contributed by atoms with E-state index in [-0.39, 0.29) is 13.2 Å². The average Bonchev–Trinajstić information content (AvgIpc) is 2.76. The molecule has 7 nitrogen and oxygen atoms in total. The third kappa shape index (κ3) is 7.15. The lowest BCUT2D eigenvalue weighted by molar-refractivity contribution is 0.196.